The maximum atomic E-state index is 9.60. The van der Waals surface area contributed by atoms with Gasteiger partial charge in [0.1, 0.15) is 0 Å². The maximum Gasteiger partial charge on any atom is 0.161 e. The van der Waals surface area contributed by atoms with Gasteiger partial charge < -0.3 is 18.9 Å². The fourth-order valence-electron chi connectivity index (χ4n) is 2.51. The summed E-state index contributed by atoms with van der Waals surface area (Å²) >= 11 is 0. The van der Waals surface area contributed by atoms with Crippen LogP contribution in [0.15, 0.2) is 36.4 Å². The first kappa shape index (κ1) is 19.2. The van der Waals surface area contributed by atoms with E-state index in [4.69, 9.17) is 18.9 Å². The Morgan fingerprint density at radius 2 is 1.54 bits per heavy atom. The number of rotatable bonds is 8. The number of hydrogen-bond donors (Lipinski definition) is 0. The van der Waals surface area contributed by atoms with Crippen molar-refractivity contribution in [2.75, 3.05) is 27.4 Å². The van der Waals surface area contributed by atoms with Crippen LogP contribution in [-0.2, 0) is 0 Å². The maximum absolute atomic E-state index is 9.60. The number of benzene rings is 2. The molecule has 0 fully saturated rings. The minimum Gasteiger partial charge on any atom is -0.493 e. The van der Waals surface area contributed by atoms with E-state index >= 15 is 0 Å². The van der Waals surface area contributed by atoms with Crippen LogP contribution >= 0.6 is 0 Å². The van der Waals surface area contributed by atoms with Crippen molar-refractivity contribution >= 4 is 11.6 Å². The lowest BCUT2D eigenvalue weighted by Gasteiger charge is -2.12. The third-order valence-corrected chi connectivity index (χ3v) is 3.69. The van der Waals surface area contributed by atoms with E-state index in [-0.39, 0.29) is 0 Å². The molecule has 0 amide bonds. The molecule has 0 saturated carbocycles. The van der Waals surface area contributed by atoms with Crippen molar-refractivity contribution in [1.82, 2.24) is 0 Å². The standard InChI is InChI=1S/C21H23NO4/c1-5-25-19-9-7-15(12-21(19)26-6-2)11-17(14-22)16-8-10-18(23-3)20(13-16)24-4/h7-13H,5-6H2,1-4H3. The molecular formula is C21H23NO4. The number of ether oxygens (including phenoxy) is 4. The zero-order valence-corrected chi connectivity index (χ0v) is 15.5. The van der Waals surface area contributed by atoms with E-state index in [1.54, 1.807) is 32.4 Å². The highest BCUT2D eigenvalue weighted by Crippen LogP contribution is 2.33. The minimum atomic E-state index is 0.512. The fourth-order valence-corrected chi connectivity index (χ4v) is 2.51. The summed E-state index contributed by atoms with van der Waals surface area (Å²) in [7, 11) is 3.14. The summed E-state index contributed by atoms with van der Waals surface area (Å²) in [6.07, 6.45) is 1.81. The summed E-state index contributed by atoms with van der Waals surface area (Å²) < 4.78 is 21.8. The molecule has 0 atom stereocenters. The molecule has 2 aromatic carbocycles. The van der Waals surface area contributed by atoms with Crippen molar-refractivity contribution < 1.29 is 18.9 Å². The molecular weight excluding hydrogens is 330 g/mol. The van der Waals surface area contributed by atoms with Crippen molar-refractivity contribution in [2.45, 2.75) is 13.8 Å². The molecule has 0 bridgehead atoms. The van der Waals surface area contributed by atoms with E-state index in [1.165, 1.54) is 0 Å². The highest BCUT2D eigenvalue weighted by atomic mass is 16.5. The Balaban J connectivity index is 2.42. The Kier molecular flexibility index (Phi) is 6.92. The molecule has 26 heavy (non-hydrogen) atoms. The van der Waals surface area contributed by atoms with Crippen LogP contribution in [0.4, 0.5) is 0 Å². The molecule has 5 heteroatoms. The number of nitriles is 1. The van der Waals surface area contributed by atoms with Gasteiger partial charge in [-0.2, -0.15) is 5.26 Å². The monoisotopic (exact) mass is 353 g/mol. The van der Waals surface area contributed by atoms with Crippen LogP contribution in [0.3, 0.4) is 0 Å². The van der Waals surface area contributed by atoms with Crippen LogP contribution in [0.25, 0.3) is 11.6 Å². The first-order valence-electron chi connectivity index (χ1n) is 8.40. The van der Waals surface area contributed by atoms with E-state index in [2.05, 4.69) is 6.07 Å². The fraction of sp³-hybridized carbons (Fsp3) is 0.286. The van der Waals surface area contributed by atoms with Crippen molar-refractivity contribution in [3.8, 4) is 29.1 Å². The van der Waals surface area contributed by atoms with E-state index in [0.717, 1.165) is 11.1 Å². The van der Waals surface area contributed by atoms with Crippen LogP contribution in [0.1, 0.15) is 25.0 Å². The van der Waals surface area contributed by atoms with Gasteiger partial charge in [-0.25, -0.2) is 0 Å². The first-order chi connectivity index (χ1) is 12.7. The second kappa shape index (κ2) is 9.38. The largest absolute Gasteiger partial charge is 0.493 e. The van der Waals surface area contributed by atoms with E-state index < -0.39 is 0 Å². The second-order valence-electron chi connectivity index (χ2n) is 5.31. The average molecular weight is 353 g/mol. The van der Waals surface area contributed by atoms with Crippen molar-refractivity contribution in [3.63, 3.8) is 0 Å². The highest BCUT2D eigenvalue weighted by Gasteiger charge is 2.10. The number of hydrogen-bond acceptors (Lipinski definition) is 5. The first-order valence-corrected chi connectivity index (χ1v) is 8.40. The normalized spacial score (nSPS) is 10.8. The van der Waals surface area contributed by atoms with Crippen LogP contribution in [0.2, 0.25) is 0 Å². The lowest BCUT2D eigenvalue weighted by Crippen LogP contribution is -1.98. The van der Waals surface area contributed by atoms with Gasteiger partial charge in [-0.1, -0.05) is 6.07 Å². The Bertz CT molecular complexity index is 821. The summed E-state index contributed by atoms with van der Waals surface area (Å²) in [4.78, 5) is 0. The lowest BCUT2D eigenvalue weighted by atomic mass is 10.0. The summed E-state index contributed by atoms with van der Waals surface area (Å²) in [5.41, 5.74) is 2.11. The van der Waals surface area contributed by atoms with Gasteiger partial charge in [0.15, 0.2) is 23.0 Å². The van der Waals surface area contributed by atoms with Crippen LogP contribution in [-0.4, -0.2) is 27.4 Å². The number of nitrogens with zero attached hydrogens (tertiary/aromatic N) is 1. The summed E-state index contributed by atoms with van der Waals surface area (Å²) in [6.45, 7) is 4.94. The van der Waals surface area contributed by atoms with Crippen molar-refractivity contribution in [1.29, 1.82) is 5.26 Å². The molecule has 0 radical (unpaired) electrons. The Hall–Kier alpha value is -3.13. The smallest absolute Gasteiger partial charge is 0.161 e. The zero-order chi connectivity index (χ0) is 18.9. The zero-order valence-electron chi connectivity index (χ0n) is 15.5. The molecule has 2 aromatic rings. The molecule has 0 aliphatic heterocycles. The van der Waals surface area contributed by atoms with Gasteiger partial charge in [-0.3, -0.25) is 0 Å². The van der Waals surface area contributed by atoms with Gasteiger partial charge in [0, 0.05) is 0 Å². The SMILES string of the molecule is CCOc1ccc(C=C(C#N)c2ccc(OC)c(OC)c2)cc1OCC. The highest BCUT2D eigenvalue weighted by molar-refractivity contribution is 5.90. The number of allylic oxidation sites excluding steroid dienone is 1. The molecule has 0 aromatic heterocycles. The van der Waals surface area contributed by atoms with Gasteiger partial charge in [-0.15, -0.1) is 0 Å². The van der Waals surface area contributed by atoms with Gasteiger partial charge >= 0.3 is 0 Å². The van der Waals surface area contributed by atoms with Gasteiger partial charge in [0.05, 0.1) is 39.1 Å². The van der Waals surface area contributed by atoms with Crippen molar-refractivity contribution in [2.24, 2.45) is 0 Å². The Labute approximate surface area is 154 Å². The topological polar surface area (TPSA) is 60.7 Å². The minimum absolute atomic E-state index is 0.512. The van der Waals surface area contributed by atoms with E-state index in [9.17, 15) is 5.26 Å². The predicted molar refractivity (Wildman–Crippen MR) is 102 cm³/mol. The van der Waals surface area contributed by atoms with Crippen molar-refractivity contribution in [3.05, 3.63) is 47.5 Å². The quantitative estimate of drug-likeness (QED) is 0.514. The van der Waals surface area contributed by atoms with Gasteiger partial charge in [-0.05, 0) is 61.4 Å². The van der Waals surface area contributed by atoms with E-state index in [1.807, 2.05) is 38.1 Å². The molecule has 5 nitrogen and oxygen atoms in total. The second-order valence-corrected chi connectivity index (χ2v) is 5.31. The average Bonchev–Trinajstić information content (AvgIpc) is 2.67. The predicted octanol–water partition coefficient (Wildman–Crippen LogP) is 4.57. The van der Waals surface area contributed by atoms with Gasteiger partial charge in [0.25, 0.3) is 0 Å². The molecule has 0 aliphatic carbocycles. The van der Waals surface area contributed by atoms with E-state index in [0.29, 0.717) is 41.8 Å². The Morgan fingerprint density at radius 1 is 0.885 bits per heavy atom. The molecule has 0 unspecified atom stereocenters. The summed E-state index contributed by atoms with van der Waals surface area (Å²) in [6, 6.07) is 13.2. The molecule has 0 aliphatic rings. The molecule has 0 saturated heterocycles. The molecule has 0 N–H and O–H groups in total. The summed E-state index contributed by atoms with van der Waals surface area (Å²) in [5, 5.41) is 9.60. The molecule has 136 valence electrons. The number of methoxy groups -OCH3 is 2. The lowest BCUT2D eigenvalue weighted by molar-refractivity contribution is 0.287. The molecule has 0 heterocycles. The third kappa shape index (κ3) is 4.48. The Morgan fingerprint density at radius 3 is 2.15 bits per heavy atom. The van der Waals surface area contributed by atoms with Gasteiger partial charge in [0.2, 0.25) is 0 Å². The van der Waals surface area contributed by atoms with Crippen LogP contribution in [0, 0.1) is 11.3 Å². The third-order valence-electron chi connectivity index (χ3n) is 3.69. The summed E-state index contributed by atoms with van der Waals surface area (Å²) in [5.74, 6) is 2.55. The molecule has 0 spiro atoms. The molecule has 2 rings (SSSR count). The van der Waals surface area contributed by atoms with Crippen LogP contribution in [0.5, 0.6) is 23.0 Å². The van der Waals surface area contributed by atoms with Crippen LogP contribution < -0.4 is 18.9 Å².